The lowest BCUT2D eigenvalue weighted by atomic mass is 10.1. The zero-order chi connectivity index (χ0) is 24.1. The minimum atomic E-state index is -0.787. The summed E-state index contributed by atoms with van der Waals surface area (Å²) in [5.41, 5.74) is 2.65. The van der Waals surface area contributed by atoms with E-state index >= 15 is 0 Å². The van der Waals surface area contributed by atoms with Crippen molar-refractivity contribution in [1.29, 1.82) is 0 Å². The number of halogens is 1. The number of aliphatic imine (C=N–C) groups is 1. The summed E-state index contributed by atoms with van der Waals surface area (Å²) in [7, 11) is 0. The summed E-state index contributed by atoms with van der Waals surface area (Å²) in [6.07, 6.45) is 1.85. The molecule has 0 spiro atoms. The summed E-state index contributed by atoms with van der Waals surface area (Å²) < 4.78 is 7.06. The van der Waals surface area contributed by atoms with Crippen molar-refractivity contribution in [2.45, 2.75) is 19.4 Å². The van der Waals surface area contributed by atoms with E-state index < -0.39 is 12.0 Å². The van der Waals surface area contributed by atoms with Crippen molar-refractivity contribution in [3.63, 3.8) is 0 Å². The molecule has 0 aliphatic carbocycles. The third-order valence-electron chi connectivity index (χ3n) is 4.91. The molecule has 4 rings (SSSR count). The van der Waals surface area contributed by atoms with Crippen LogP contribution < -0.4 is 0 Å². The van der Waals surface area contributed by atoms with E-state index in [1.807, 2.05) is 60.0 Å². The lowest BCUT2D eigenvalue weighted by Crippen LogP contribution is -2.24. The van der Waals surface area contributed by atoms with Crippen LogP contribution in [0, 0.1) is 3.95 Å². The number of nitrogens with zero attached hydrogens (tertiary/aromatic N) is 3. The van der Waals surface area contributed by atoms with Crippen molar-refractivity contribution in [2.75, 3.05) is 6.61 Å². The molecule has 1 N–H and O–H groups in total. The highest BCUT2D eigenvalue weighted by molar-refractivity contribution is 7.73. The first kappa shape index (κ1) is 24.3. The minimum absolute atomic E-state index is 0.123. The van der Waals surface area contributed by atoms with Crippen LogP contribution in [-0.4, -0.2) is 33.4 Å². The second-order valence-electron chi connectivity index (χ2n) is 7.16. The van der Waals surface area contributed by atoms with Gasteiger partial charge in [-0.1, -0.05) is 65.4 Å². The van der Waals surface area contributed by atoms with Gasteiger partial charge >= 0.3 is 5.97 Å². The van der Waals surface area contributed by atoms with Crippen LogP contribution in [-0.2, 0) is 16.0 Å². The Morgan fingerprint density at radius 1 is 1.26 bits per heavy atom. The summed E-state index contributed by atoms with van der Waals surface area (Å²) in [4.78, 5) is 22.1. The molecule has 2 heterocycles. The smallest absolute Gasteiger partial charge is 0.329 e. The number of carbonyl (C=O) groups excluding carboxylic acids is 1. The van der Waals surface area contributed by atoms with Crippen LogP contribution in [0.1, 0.15) is 23.4 Å². The molecule has 0 unspecified atom stereocenters. The lowest BCUT2D eigenvalue weighted by molar-refractivity contribution is -0.147. The highest BCUT2D eigenvalue weighted by Gasteiger charge is 2.27. The number of hydrogen-bond donors (Lipinski definition) is 1. The summed E-state index contributed by atoms with van der Waals surface area (Å²) in [6, 6.07) is 16.2. The highest BCUT2D eigenvalue weighted by Crippen LogP contribution is 2.32. The first-order chi connectivity index (χ1) is 16.5. The van der Waals surface area contributed by atoms with Gasteiger partial charge in [0, 0.05) is 22.4 Å². The van der Waals surface area contributed by atoms with Gasteiger partial charge in [0.25, 0.3) is 0 Å². The predicted octanol–water partition coefficient (Wildman–Crippen LogP) is 6.86. The Morgan fingerprint density at radius 2 is 2.00 bits per heavy atom. The van der Waals surface area contributed by atoms with Crippen LogP contribution in [0.4, 0.5) is 5.13 Å². The van der Waals surface area contributed by atoms with Gasteiger partial charge in [0.2, 0.25) is 11.0 Å². The molecule has 0 amide bonds. The summed E-state index contributed by atoms with van der Waals surface area (Å²) in [5.74, 6) is -0.575. The SMILES string of the molecule is CCOC(=O)[C@H](Cc1ccccc1)n1c(O)c(C=Nc2nc(-c3ccc(Cl)cc3)cs2)sc1=S. The first-order valence-electron chi connectivity index (χ1n) is 10.4. The number of ether oxygens (including phenoxy) is 1. The Balaban J connectivity index is 1.60. The quantitative estimate of drug-likeness (QED) is 0.153. The first-order valence-corrected chi connectivity index (χ1v) is 12.8. The van der Waals surface area contributed by atoms with Crippen molar-refractivity contribution < 1.29 is 14.6 Å². The lowest BCUT2D eigenvalue weighted by Gasteiger charge is -2.18. The molecular weight excluding hydrogens is 510 g/mol. The van der Waals surface area contributed by atoms with Crippen LogP contribution in [0.15, 0.2) is 65.0 Å². The number of thiazole rings is 2. The van der Waals surface area contributed by atoms with Gasteiger partial charge in [0.1, 0.15) is 10.9 Å². The fourth-order valence-corrected chi connectivity index (χ4v) is 5.37. The molecule has 10 heteroatoms. The van der Waals surface area contributed by atoms with E-state index in [-0.39, 0.29) is 12.5 Å². The van der Waals surface area contributed by atoms with Crippen LogP contribution in [0.25, 0.3) is 11.3 Å². The molecule has 174 valence electrons. The molecule has 0 radical (unpaired) electrons. The zero-order valence-corrected chi connectivity index (χ0v) is 21.3. The van der Waals surface area contributed by atoms with E-state index in [2.05, 4.69) is 9.98 Å². The Morgan fingerprint density at radius 3 is 2.71 bits per heavy atom. The van der Waals surface area contributed by atoms with Crippen LogP contribution in [0.3, 0.4) is 0 Å². The molecule has 0 saturated carbocycles. The predicted molar refractivity (Wildman–Crippen MR) is 140 cm³/mol. The Labute approximate surface area is 214 Å². The van der Waals surface area contributed by atoms with Gasteiger partial charge in [0.15, 0.2) is 3.95 Å². The van der Waals surface area contributed by atoms with Gasteiger partial charge in [-0.25, -0.2) is 14.8 Å². The van der Waals surface area contributed by atoms with Gasteiger partial charge in [-0.2, -0.15) is 0 Å². The molecule has 0 saturated heterocycles. The van der Waals surface area contributed by atoms with Gasteiger partial charge < -0.3 is 9.84 Å². The van der Waals surface area contributed by atoms with Crippen molar-refractivity contribution in [3.05, 3.63) is 79.4 Å². The maximum absolute atomic E-state index is 12.8. The van der Waals surface area contributed by atoms with Crippen LogP contribution in [0.2, 0.25) is 5.02 Å². The number of carbonyl (C=O) groups is 1. The number of esters is 1. The van der Waals surface area contributed by atoms with E-state index in [9.17, 15) is 9.90 Å². The maximum Gasteiger partial charge on any atom is 0.329 e. The summed E-state index contributed by atoms with van der Waals surface area (Å²) in [5, 5.41) is 14.0. The molecule has 4 aromatic rings. The van der Waals surface area contributed by atoms with E-state index in [4.69, 9.17) is 28.6 Å². The summed E-state index contributed by atoms with van der Waals surface area (Å²) >= 11 is 14.0. The van der Waals surface area contributed by atoms with Gasteiger partial charge in [-0.15, -0.1) is 11.3 Å². The molecule has 2 aromatic carbocycles. The average molecular weight is 530 g/mol. The second kappa shape index (κ2) is 11.1. The minimum Gasteiger partial charge on any atom is -0.493 e. The highest BCUT2D eigenvalue weighted by atomic mass is 35.5. The number of aromatic hydroxyl groups is 1. The van der Waals surface area contributed by atoms with Gasteiger partial charge in [-0.3, -0.25) is 4.57 Å². The summed E-state index contributed by atoms with van der Waals surface area (Å²) in [6.45, 7) is 1.98. The molecule has 2 aromatic heterocycles. The van der Waals surface area contributed by atoms with Gasteiger partial charge in [0.05, 0.1) is 18.5 Å². The monoisotopic (exact) mass is 529 g/mol. The van der Waals surface area contributed by atoms with E-state index in [1.54, 1.807) is 6.92 Å². The molecule has 0 aliphatic heterocycles. The third kappa shape index (κ3) is 5.61. The molecule has 1 atom stereocenters. The average Bonchev–Trinajstić information content (AvgIpc) is 3.41. The molecule has 0 aliphatic rings. The van der Waals surface area contributed by atoms with Crippen molar-refractivity contribution in [1.82, 2.24) is 9.55 Å². The third-order valence-corrected chi connectivity index (χ3v) is 7.24. The molecule has 0 fully saturated rings. The Kier molecular flexibility index (Phi) is 7.89. The number of rotatable bonds is 8. The van der Waals surface area contributed by atoms with Crippen LogP contribution in [0.5, 0.6) is 5.88 Å². The van der Waals surface area contributed by atoms with E-state index in [0.29, 0.717) is 25.4 Å². The molecule has 34 heavy (non-hydrogen) atoms. The van der Waals surface area contributed by atoms with Crippen molar-refractivity contribution >= 4 is 63.8 Å². The Bertz CT molecular complexity index is 1360. The standard InChI is InChI=1S/C24H20ClN3O3S3/c1-2-31-22(30)19(12-15-6-4-3-5-7-15)28-21(29)20(34-24(28)32)13-26-23-27-18(14-33-23)16-8-10-17(25)11-9-16/h3-11,13-14,19,29H,2,12H2,1H3/t19-/m0/s1. The molecule has 6 nitrogen and oxygen atoms in total. The maximum atomic E-state index is 12.8. The van der Waals surface area contributed by atoms with Crippen molar-refractivity contribution in [3.8, 4) is 17.1 Å². The van der Waals surface area contributed by atoms with Gasteiger partial charge in [-0.05, 0) is 36.8 Å². The zero-order valence-electron chi connectivity index (χ0n) is 18.1. The topological polar surface area (TPSA) is 76.7 Å². The van der Waals surface area contributed by atoms with Crippen molar-refractivity contribution in [2.24, 2.45) is 4.99 Å². The largest absolute Gasteiger partial charge is 0.493 e. The second-order valence-corrected chi connectivity index (χ2v) is 10.1. The molecule has 0 bridgehead atoms. The van der Waals surface area contributed by atoms with Crippen LogP contribution >= 0.6 is 46.5 Å². The Hall–Kier alpha value is -2.85. The fourth-order valence-electron chi connectivity index (χ4n) is 3.30. The fraction of sp³-hybridized carbons (Fsp3) is 0.167. The molecular formula is C24H20ClN3O3S3. The number of hydrogen-bond acceptors (Lipinski definition) is 8. The number of aromatic nitrogens is 2. The normalized spacial score (nSPS) is 12.2. The number of benzene rings is 2. The van der Waals surface area contributed by atoms with E-state index in [1.165, 1.54) is 33.5 Å². The van der Waals surface area contributed by atoms with E-state index in [0.717, 1.165) is 16.8 Å².